The van der Waals surface area contributed by atoms with Gasteiger partial charge >= 0.3 is 0 Å². The molecule has 5 rings (SSSR count). The molecule has 0 saturated heterocycles. The van der Waals surface area contributed by atoms with Gasteiger partial charge < -0.3 is 0 Å². The van der Waals surface area contributed by atoms with Crippen molar-refractivity contribution in [3.63, 3.8) is 0 Å². The Morgan fingerprint density at radius 2 is 1.59 bits per heavy atom. The van der Waals surface area contributed by atoms with E-state index >= 15 is 0 Å². The van der Waals surface area contributed by atoms with Crippen LogP contribution in [-0.2, 0) is 0 Å². The molecule has 2 aliphatic rings. The van der Waals surface area contributed by atoms with E-state index in [1.54, 1.807) is 23.5 Å². The van der Waals surface area contributed by atoms with Crippen molar-refractivity contribution in [3.05, 3.63) is 89.5 Å². The van der Waals surface area contributed by atoms with Crippen molar-refractivity contribution in [2.45, 2.75) is 15.0 Å². The number of aliphatic imine (C=N–C) groups is 1. The van der Waals surface area contributed by atoms with E-state index in [1.807, 2.05) is 42.5 Å². The number of hydrogen-bond acceptors (Lipinski definition) is 4. The summed E-state index contributed by atoms with van der Waals surface area (Å²) in [5, 5.41) is 0.0169. The molecule has 1 aliphatic carbocycles. The van der Waals surface area contributed by atoms with Gasteiger partial charge in [0.25, 0.3) is 0 Å². The van der Waals surface area contributed by atoms with E-state index in [2.05, 4.69) is 36.6 Å². The number of para-hydroxylation sites is 1. The number of rotatable bonds is 2. The van der Waals surface area contributed by atoms with Gasteiger partial charge in [-0.3, -0.25) is 9.79 Å². The highest BCUT2D eigenvalue weighted by atomic mass is 32.2. The number of carbonyl (C=O) groups is 1. The highest BCUT2D eigenvalue weighted by Gasteiger charge is 2.44. The Labute approximate surface area is 167 Å². The van der Waals surface area contributed by atoms with Gasteiger partial charge in [0.15, 0.2) is 5.78 Å². The second-order valence-electron chi connectivity index (χ2n) is 6.66. The number of ketones is 1. The van der Waals surface area contributed by atoms with Gasteiger partial charge in [-0.25, -0.2) is 0 Å². The molecule has 0 N–H and O–H groups in total. The van der Waals surface area contributed by atoms with Crippen LogP contribution in [0.3, 0.4) is 0 Å². The Hall–Kier alpha value is -2.30. The Bertz CT molecular complexity index is 1070. The van der Waals surface area contributed by atoms with Crippen LogP contribution in [0.15, 0.2) is 87.6 Å². The summed E-state index contributed by atoms with van der Waals surface area (Å²) >= 11 is 3.48. The zero-order chi connectivity index (χ0) is 18.4. The average molecular weight is 388 g/mol. The number of thioether (sulfide) groups is 2. The van der Waals surface area contributed by atoms with Crippen molar-refractivity contribution in [1.29, 1.82) is 0 Å². The standard InChI is InChI=1S/C23H17NOS2/c1-26-15-12-10-14(11-13-15)23-20-21(16-6-2-3-7-17(16)22(20)25)24-18-8-4-5-9-19(18)27-23/h2-13,20,23H,1H3/t20-,23-/m0/s1. The second-order valence-corrected chi connectivity index (χ2v) is 8.73. The molecule has 3 aromatic rings. The van der Waals surface area contributed by atoms with Gasteiger partial charge in [0.2, 0.25) is 0 Å². The fourth-order valence-corrected chi connectivity index (χ4v) is 5.58. The lowest BCUT2D eigenvalue weighted by molar-refractivity contribution is 0.0960. The fourth-order valence-electron chi connectivity index (χ4n) is 3.83. The molecule has 3 aromatic carbocycles. The molecule has 0 radical (unpaired) electrons. The lowest BCUT2D eigenvalue weighted by Crippen LogP contribution is -2.21. The molecule has 0 bridgehead atoms. The maximum atomic E-state index is 13.3. The van der Waals surface area contributed by atoms with E-state index in [-0.39, 0.29) is 17.0 Å². The molecule has 0 spiro atoms. The quantitative estimate of drug-likeness (QED) is 0.491. The molecule has 0 unspecified atom stereocenters. The molecule has 2 atom stereocenters. The van der Waals surface area contributed by atoms with E-state index in [0.29, 0.717) is 0 Å². The molecule has 1 aliphatic heterocycles. The van der Waals surface area contributed by atoms with Crippen molar-refractivity contribution < 1.29 is 4.79 Å². The van der Waals surface area contributed by atoms with E-state index < -0.39 is 0 Å². The minimum absolute atomic E-state index is 0.0169. The third-order valence-electron chi connectivity index (χ3n) is 5.15. The number of fused-ring (bicyclic) bond motifs is 4. The number of nitrogens with zero attached hydrogens (tertiary/aromatic N) is 1. The van der Waals surface area contributed by atoms with Crippen LogP contribution in [-0.4, -0.2) is 17.8 Å². The second kappa shape index (κ2) is 6.70. The Morgan fingerprint density at radius 3 is 2.37 bits per heavy atom. The zero-order valence-corrected chi connectivity index (χ0v) is 16.4. The maximum absolute atomic E-state index is 13.3. The summed E-state index contributed by atoms with van der Waals surface area (Å²) in [7, 11) is 0. The van der Waals surface area contributed by atoms with Crippen LogP contribution in [0.5, 0.6) is 0 Å². The monoisotopic (exact) mass is 387 g/mol. The predicted octanol–water partition coefficient (Wildman–Crippen LogP) is 6.19. The van der Waals surface area contributed by atoms with Crippen molar-refractivity contribution in [3.8, 4) is 0 Å². The van der Waals surface area contributed by atoms with Crippen molar-refractivity contribution >= 4 is 40.7 Å². The number of hydrogen-bond donors (Lipinski definition) is 0. The summed E-state index contributed by atoms with van der Waals surface area (Å²) in [5.74, 6) is -0.0662. The lowest BCUT2D eigenvalue weighted by atomic mass is 9.93. The van der Waals surface area contributed by atoms with Gasteiger partial charge in [0, 0.05) is 20.9 Å². The Morgan fingerprint density at radius 1 is 0.889 bits per heavy atom. The number of benzene rings is 3. The molecule has 0 fully saturated rings. The summed E-state index contributed by atoms with van der Waals surface area (Å²) in [5.41, 5.74) is 4.82. The molecule has 132 valence electrons. The average Bonchev–Trinajstić information content (AvgIpc) is 2.88. The highest BCUT2D eigenvalue weighted by Crippen LogP contribution is 2.51. The van der Waals surface area contributed by atoms with Gasteiger partial charge in [-0.05, 0) is 36.1 Å². The number of carbonyl (C=O) groups excluding carboxylic acids is 1. The summed E-state index contributed by atoms with van der Waals surface area (Å²) in [6.45, 7) is 0. The summed E-state index contributed by atoms with van der Waals surface area (Å²) in [6, 6.07) is 24.7. The van der Waals surface area contributed by atoms with Crippen LogP contribution in [0.4, 0.5) is 5.69 Å². The number of Topliss-reactive ketones (excluding diaryl/α,β-unsaturated/α-hetero) is 1. The van der Waals surface area contributed by atoms with E-state index in [1.165, 1.54) is 10.5 Å². The third kappa shape index (κ3) is 2.75. The molecule has 0 aromatic heterocycles. The molecular formula is C23H17NOS2. The largest absolute Gasteiger partial charge is 0.293 e. The summed E-state index contributed by atoms with van der Waals surface area (Å²) < 4.78 is 0. The normalized spacial score (nSPS) is 20.3. The molecule has 0 amide bonds. The smallest absolute Gasteiger partial charge is 0.174 e. The zero-order valence-electron chi connectivity index (χ0n) is 14.8. The SMILES string of the molecule is CSc1ccc([C@@H]2Sc3ccccc3N=C3c4ccccc4C(=O)[C@H]32)cc1. The Kier molecular flexibility index (Phi) is 4.18. The van der Waals surface area contributed by atoms with E-state index in [9.17, 15) is 4.79 Å². The Balaban J connectivity index is 1.71. The van der Waals surface area contributed by atoms with Crippen molar-refractivity contribution in [1.82, 2.24) is 0 Å². The molecule has 2 nitrogen and oxygen atoms in total. The molecule has 0 saturated carbocycles. The minimum Gasteiger partial charge on any atom is -0.293 e. The van der Waals surface area contributed by atoms with Crippen LogP contribution in [0.1, 0.15) is 26.7 Å². The first-order valence-electron chi connectivity index (χ1n) is 8.88. The first-order chi connectivity index (χ1) is 13.3. The van der Waals surface area contributed by atoms with Crippen LogP contribution < -0.4 is 0 Å². The van der Waals surface area contributed by atoms with Crippen LogP contribution in [0, 0.1) is 5.92 Å². The maximum Gasteiger partial charge on any atom is 0.174 e. The minimum atomic E-state index is -0.250. The van der Waals surface area contributed by atoms with Crippen LogP contribution in [0.2, 0.25) is 0 Å². The first kappa shape index (κ1) is 16.8. The molecule has 27 heavy (non-hydrogen) atoms. The first-order valence-corrected chi connectivity index (χ1v) is 11.0. The van der Waals surface area contributed by atoms with Crippen LogP contribution >= 0.6 is 23.5 Å². The van der Waals surface area contributed by atoms with Crippen molar-refractivity contribution in [2.24, 2.45) is 10.9 Å². The molecule has 1 heterocycles. The van der Waals surface area contributed by atoms with Gasteiger partial charge in [0.05, 0.1) is 22.6 Å². The fraction of sp³-hybridized carbons (Fsp3) is 0.130. The molecular weight excluding hydrogens is 370 g/mol. The predicted molar refractivity (Wildman–Crippen MR) is 114 cm³/mol. The van der Waals surface area contributed by atoms with E-state index in [4.69, 9.17) is 4.99 Å². The van der Waals surface area contributed by atoms with Gasteiger partial charge in [-0.2, -0.15) is 0 Å². The third-order valence-corrected chi connectivity index (χ3v) is 7.29. The van der Waals surface area contributed by atoms with Gasteiger partial charge in [0.1, 0.15) is 0 Å². The van der Waals surface area contributed by atoms with Gasteiger partial charge in [-0.15, -0.1) is 23.5 Å². The van der Waals surface area contributed by atoms with E-state index in [0.717, 1.165) is 27.4 Å². The van der Waals surface area contributed by atoms with Crippen molar-refractivity contribution in [2.75, 3.05) is 6.26 Å². The topological polar surface area (TPSA) is 29.4 Å². The van der Waals surface area contributed by atoms with Gasteiger partial charge in [-0.1, -0.05) is 48.5 Å². The summed E-state index contributed by atoms with van der Waals surface area (Å²) in [6.07, 6.45) is 2.08. The lowest BCUT2D eigenvalue weighted by Gasteiger charge is -2.21. The highest BCUT2D eigenvalue weighted by molar-refractivity contribution is 7.99. The van der Waals surface area contributed by atoms with Crippen LogP contribution in [0.25, 0.3) is 0 Å². The summed E-state index contributed by atoms with van der Waals surface area (Å²) in [4.78, 5) is 20.7. The molecule has 4 heteroatoms.